The van der Waals surface area contributed by atoms with Crippen molar-refractivity contribution in [3.8, 4) is 6.01 Å². The van der Waals surface area contributed by atoms with Crippen molar-refractivity contribution >= 4 is 17.6 Å². The average molecular weight is 216 g/mol. The van der Waals surface area contributed by atoms with Crippen LogP contribution < -0.4 is 10.1 Å². The Bertz CT molecular complexity index is 359. The zero-order valence-electron chi connectivity index (χ0n) is 7.66. The number of nitrogens with one attached hydrogen (secondary N) is 1. The van der Waals surface area contributed by atoms with Gasteiger partial charge in [0.25, 0.3) is 0 Å². The van der Waals surface area contributed by atoms with Crippen molar-refractivity contribution in [3.05, 3.63) is 11.3 Å². The third-order valence-corrected chi connectivity index (χ3v) is 2.13. The summed E-state index contributed by atoms with van der Waals surface area (Å²) >= 11 is 5.65. The van der Waals surface area contributed by atoms with Gasteiger partial charge in [0.1, 0.15) is 0 Å². The molecule has 1 heterocycles. The van der Waals surface area contributed by atoms with E-state index in [4.69, 9.17) is 16.3 Å². The van der Waals surface area contributed by atoms with E-state index in [9.17, 15) is 4.79 Å². The summed E-state index contributed by atoms with van der Waals surface area (Å²) in [5.74, 6) is 0. The molecule has 5 nitrogen and oxygen atoms in total. The summed E-state index contributed by atoms with van der Waals surface area (Å²) in [7, 11) is 1.44. The minimum Gasteiger partial charge on any atom is -0.468 e. The Balaban J connectivity index is 2.15. The van der Waals surface area contributed by atoms with Gasteiger partial charge in [-0.2, -0.15) is 4.98 Å². The van der Waals surface area contributed by atoms with Crippen LogP contribution in [0, 0.1) is 0 Å². The third-order valence-electron chi connectivity index (χ3n) is 1.95. The highest BCUT2D eigenvalue weighted by Crippen LogP contribution is 2.20. The fourth-order valence-electron chi connectivity index (χ4n) is 1.10. The lowest BCUT2D eigenvalue weighted by Crippen LogP contribution is -2.30. The Morgan fingerprint density at radius 3 is 3.07 bits per heavy atom. The van der Waals surface area contributed by atoms with Gasteiger partial charge in [0.2, 0.25) is 0 Å². The third kappa shape index (κ3) is 1.82. The van der Waals surface area contributed by atoms with Gasteiger partial charge >= 0.3 is 12.0 Å². The van der Waals surface area contributed by atoms with Crippen LogP contribution in [0.3, 0.4) is 0 Å². The highest BCUT2D eigenvalue weighted by molar-refractivity contribution is 6.29. The van der Waals surface area contributed by atoms with E-state index < -0.39 is 0 Å². The standard InChI is InChI=1S/C8H10ClN3O2/c1-14-8-11-6(9)4-12(8)7(13)10-5-2-3-5/h4-5H,2-3H2,1H3,(H,10,13). The van der Waals surface area contributed by atoms with Gasteiger partial charge < -0.3 is 10.1 Å². The second-order valence-electron chi connectivity index (χ2n) is 3.14. The molecule has 1 aliphatic carbocycles. The fraction of sp³-hybridized carbons (Fsp3) is 0.500. The van der Waals surface area contributed by atoms with Crippen molar-refractivity contribution in [1.29, 1.82) is 0 Å². The molecule has 0 spiro atoms. The number of carbonyl (C=O) groups excluding carboxylic acids is 1. The Kier molecular flexibility index (Phi) is 2.33. The van der Waals surface area contributed by atoms with Crippen LogP contribution in [0.4, 0.5) is 4.79 Å². The maximum atomic E-state index is 11.6. The number of halogens is 1. The second-order valence-corrected chi connectivity index (χ2v) is 3.53. The molecule has 14 heavy (non-hydrogen) atoms. The molecule has 1 saturated carbocycles. The van der Waals surface area contributed by atoms with Crippen molar-refractivity contribution in [1.82, 2.24) is 14.9 Å². The minimum atomic E-state index is -0.247. The van der Waals surface area contributed by atoms with Crippen LogP contribution >= 0.6 is 11.6 Å². The van der Waals surface area contributed by atoms with Gasteiger partial charge in [0.05, 0.1) is 13.3 Å². The number of rotatable bonds is 2. The van der Waals surface area contributed by atoms with Crippen LogP contribution in [0.5, 0.6) is 6.01 Å². The Morgan fingerprint density at radius 1 is 1.79 bits per heavy atom. The van der Waals surface area contributed by atoms with Crippen LogP contribution in [0.2, 0.25) is 5.15 Å². The smallest absolute Gasteiger partial charge is 0.329 e. The summed E-state index contributed by atoms with van der Waals surface area (Å²) in [4.78, 5) is 15.4. The predicted molar refractivity (Wildman–Crippen MR) is 50.7 cm³/mol. The maximum Gasteiger partial charge on any atom is 0.329 e. The predicted octanol–water partition coefficient (Wildman–Crippen LogP) is 1.27. The van der Waals surface area contributed by atoms with Crippen LogP contribution in [-0.2, 0) is 0 Å². The zero-order valence-corrected chi connectivity index (χ0v) is 8.41. The van der Waals surface area contributed by atoms with E-state index in [1.807, 2.05) is 0 Å². The van der Waals surface area contributed by atoms with Crippen LogP contribution in [0.25, 0.3) is 0 Å². The van der Waals surface area contributed by atoms with Crippen LogP contribution in [0.15, 0.2) is 6.20 Å². The van der Waals surface area contributed by atoms with Crippen LogP contribution in [-0.4, -0.2) is 28.7 Å². The molecular weight excluding hydrogens is 206 g/mol. The molecule has 0 saturated heterocycles. The molecule has 1 N–H and O–H groups in total. The number of ether oxygens (including phenoxy) is 1. The van der Waals surface area contributed by atoms with Gasteiger partial charge in [0, 0.05) is 6.04 Å². The van der Waals surface area contributed by atoms with E-state index in [0.717, 1.165) is 12.8 Å². The topological polar surface area (TPSA) is 56.2 Å². The van der Waals surface area contributed by atoms with E-state index in [2.05, 4.69) is 10.3 Å². The van der Waals surface area contributed by atoms with Gasteiger partial charge in [-0.3, -0.25) is 0 Å². The maximum absolute atomic E-state index is 11.6. The van der Waals surface area contributed by atoms with E-state index in [1.54, 1.807) is 0 Å². The average Bonchev–Trinajstić information content (AvgIpc) is 2.87. The summed E-state index contributed by atoms with van der Waals surface area (Å²) in [6, 6.07) is 0.255. The molecule has 1 aliphatic rings. The number of nitrogens with zero attached hydrogens (tertiary/aromatic N) is 2. The number of amides is 1. The van der Waals surface area contributed by atoms with Crippen molar-refractivity contribution in [2.24, 2.45) is 0 Å². The largest absolute Gasteiger partial charge is 0.468 e. The second kappa shape index (κ2) is 3.49. The number of hydrogen-bond donors (Lipinski definition) is 1. The summed E-state index contributed by atoms with van der Waals surface area (Å²) in [6.45, 7) is 0. The van der Waals surface area contributed by atoms with Crippen molar-refractivity contribution < 1.29 is 9.53 Å². The summed E-state index contributed by atoms with van der Waals surface area (Å²) in [5, 5.41) is 3.05. The lowest BCUT2D eigenvalue weighted by molar-refractivity contribution is 0.237. The molecule has 0 aliphatic heterocycles. The molecule has 0 unspecified atom stereocenters. The molecule has 6 heteroatoms. The van der Waals surface area contributed by atoms with Gasteiger partial charge in [-0.25, -0.2) is 9.36 Å². The first-order valence-corrected chi connectivity index (χ1v) is 4.68. The molecule has 0 radical (unpaired) electrons. The molecule has 1 aromatic heterocycles. The molecule has 76 valence electrons. The molecule has 0 bridgehead atoms. The summed E-state index contributed by atoms with van der Waals surface area (Å²) < 4.78 is 6.16. The zero-order chi connectivity index (χ0) is 10.1. The van der Waals surface area contributed by atoms with Gasteiger partial charge in [-0.05, 0) is 12.8 Å². The quantitative estimate of drug-likeness (QED) is 0.808. The van der Waals surface area contributed by atoms with E-state index >= 15 is 0 Å². The van der Waals surface area contributed by atoms with Gasteiger partial charge in [0.15, 0.2) is 5.15 Å². The first-order chi connectivity index (χ1) is 6.70. The van der Waals surface area contributed by atoms with E-state index in [-0.39, 0.29) is 17.2 Å². The highest BCUT2D eigenvalue weighted by atomic mass is 35.5. The first kappa shape index (κ1) is 9.33. The number of methoxy groups -OCH3 is 1. The highest BCUT2D eigenvalue weighted by Gasteiger charge is 2.25. The number of aromatic nitrogens is 2. The van der Waals surface area contributed by atoms with Gasteiger partial charge in [-0.1, -0.05) is 11.6 Å². The van der Waals surface area contributed by atoms with Gasteiger partial charge in [-0.15, -0.1) is 0 Å². The number of imidazole rings is 1. The van der Waals surface area contributed by atoms with E-state index in [0.29, 0.717) is 6.04 Å². The summed E-state index contributed by atoms with van der Waals surface area (Å²) in [5.41, 5.74) is 0. The lowest BCUT2D eigenvalue weighted by atomic mass is 10.7. The molecule has 0 aromatic carbocycles. The number of carbonyl (C=O) groups is 1. The monoisotopic (exact) mass is 215 g/mol. The Hall–Kier alpha value is -1.23. The van der Waals surface area contributed by atoms with E-state index in [1.165, 1.54) is 17.9 Å². The molecular formula is C8H10ClN3O2. The molecule has 1 fully saturated rings. The Morgan fingerprint density at radius 2 is 2.50 bits per heavy atom. The molecule has 0 atom stereocenters. The van der Waals surface area contributed by atoms with Crippen molar-refractivity contribution in [2.75, 3.05) is 7.11 Å². The first-order valence-electron chi connectivity index (χ1n) is 4.30. The lowest BCUT2D eigenvalue weighted by Gasteiger charge is -2.05. The Labute approximate surface area is 86.0 Å². The number of hydrogen-bond acceptors (Lipinski definition) is 3. The molecule has 2 rings (SSSR count). The minimum absolute atomic E-state index is 0.202. The summed E-state index contributed by atoms with van der Waals surface area (Å²) in [6.07, 6.45) is 3.51. The fourth-order valence-corrected chi connectivity index (χ4v) is 1.27. The molecule has 1 aromatic rings. The van der Waals surface area contributed by atoms with Crippen LogP contribution in [0.1, 0.15) is 12.8 Å². The normalized spacial score (nSPS) is 15.3. The SMILES string of the molecule is COc1nc(Cl)cn1C(=O)NC1CC1. The van der Waals surface area contributed by atoms with Crippen molar-refractivity contribution in [3.63, 3.8) is 0 Å². The molecule has 1 amide bonds. The van der Waals surface area contributed by atoms with Crippen molar-refractivity contribution in [2.45, 2.75) is 18.9 Å².